The van der Waals surface area contributed by atoms with Crippen molar-refractivity contribution < 1.29 is 4.74 Å². The first-order valence-corrected chi connectivity index (χ1v) is 8.87. The van der Waals surface area contributed by atoms with E-state index < -0.39 is 0 Å². The molecule has 1 aromatic rings. The molecule has 0 saturated heterocycles. The Morgan fingerprint density at radius 1 is 0.870 bits per heavy atom. The number of benzene rings is 1. The molecule has 0 radical (unpaired) electrons. The predicted octanol–water partition coefficient (Wildman–Crippen LogP) is 6.03. The van der Waals surface area contributed by atoms with E-state index in [4.69, 9.17) is 4.74 Å². The Morgan fingerprint density at radius 2 is 1.39 bits per heavy atom. The molecule has 0 amide bonds. The van der Waals surface area contributed by atoms with Crippen LogP contribution in [-0.4, -0.2) is 6.61 Å². The number of hydrogen-bond acceptors (Lipinski definition) is 1. The minimum absolute atomic E-state index is 0.0651. The first-order chi connectivity index (χ1) is 10.6. The van der Waals surface area contributed by atoms with E-state index in [1.165, 1.54) is 16.7 Å². The van der Waals surface area contributed by atoms with Gasteiger partial charge in [0, 0.05) is 24.0 Å². The summed E-state index contributed by atoms with van der Waals surface area (Å²) < 4.78 is 6.09. The van der Waals surface area contributed by atoms with Gasteiger partial charge >= 0.3 is 0 Å². The van der Waals surface area contributed by atoms with Crippen molar-refractivity contribution in [3.63, 3.8) is 0 Å². The Labute approximate surface area is 143 Å². The summed E-state index contributed by atoms with van der Waals surface area (Å²) in [6.07, 6.45) is 2.87. The molecule has 0 bridgehead atoms. The highest BCUT2D eigenvalue weighted by molar-refractivity contribution is 5.51. The molecular formula is C22H34O. The normalized spacial score (nSPS) is 11.8. The molecule has 0 fully saturated rings. The van der Waals surface area contributed by atoms with Gasteiger partial charge in [0.05, 0.1) is 6.61 Å². The van der Waals surface area contributed by atoms with Crippen LogP contribution in [0.2, 0.25) is 0 Å². The lowest BCUT2D eigenvalue weighted by atomic mass is 9.78. The molecule has 0 unspecified atom stereocenters. The lowest BCUT2D eigenvalue weighted by Gasteiger charge is -2.30. The van der Waals surface area contributed by atoms with E-state index in [0.717, 1.165) is 25.0 Å². The number of ether oxygens (including phenoxy) is 1. The van der Waals surface area contributed by atoms with Gasteiger partial charge in [0.1, 0.15) is 5.75 Å². The molecule has 1 nitrogen and oxygen atoms in total. The molecule has 0 N–H and O–H groups in total. The van der Waals surface area contributed by atoms with Crippen molar-refractivity contribution >= 4 is 0 Å². The smallest absolute Gasteiger partial charge is 0.126 e. The summed E-state index contributed by atoms with van der Waals surface area (Å²) in [5, 5.41) is 0. The van der Waals surface area contributed by atoms with Crippen LogP contribution in [0.1, 0.15) is 84.9 Å². The highest BCUT2D eigenvalue weighted by Gasteiger charge is 2.27. The lowest BCUT2D eigenvalue weighted by Crippen LogP contribution is -2.20. The Hall–Kier alpha value is -1.42. The third kappa shape index (κ3) is 5.61. The van der Waals surface area contributed by atoms with Crippen LogP contribution in [0.25, 0.3) is 0 Å². The topological polar surface area (TPSA) is 9.23 Å². The van der Waals surface area contributed by atoms with Crippen molar-refractivity contribution in [3.05, 3.63) is 28.8 Å². The fourth-order valence-corrected chi connectivity index (χ4v) is 2.67. The number of hydrogen-bond donors (Lipinski definition) is 0. The zero-order chi connectivity index (χ0) is 17.7. The summed E-state index contributed by atoms with van der Waals surface area (Å²) in [6, 6.07) is 4.65. The molecule has 1 heteroatoms. The van der Waals surface area contributed by atoms with Crippen molar-refractivity contribution in [2.45, 2.75) is 85.5 Å². The average molecular weight is 315 g/mol. The van der Waals surface area contributed by atoms with E-state index in [1.807, 2.05) is 0 Å². The molecule has 0 aliphatic rings. The van der Waals surface area contributed by atoms with E-state index in [1.54, 1.807) is 0 Å². The molecule has 0 aliphatic heterocycles. The maximum atomic E-state index is 6.09. The highest BCUT2D eigenvalue weighted by atomic mass is 16.5. The minimum Gasteiger partial charge on any atom is -0.493 e. The molecule has 0 spiro atoms. The number of aryl methyl sites for hydroxylation is 1. The molecule has 23 heavy (non-hydrogen) atoms. The van der Waals surface area contributed by atoms with Gasteiger partial charge in [-0.3, -0.25) is 0 Å². The first-order valence-electron chi connectivity index (χ1n) is 8.87. The van der Waals surface area contributed by atoms with Gasteiger partial charge in [0.15, 0.2) is 0 Å². The van der Waals surface area contributed by atoms with E-state index in [0.29, 0.717) is 6.61 Å². The van der Waals surface area contributed by atoms with E-state index in [9.17, 15) is 0 Å². The van der Waals surface area contributed by atoms with Gasteiger partial charge in [0.2, 0.25) is 0 Å². The highest BCUT2D eigenvalue weighted by Crippen LogP contribution is 2.40. The Bertz CT molecular complexity index is 536. The Kier molecular flexibility index (Phi) is 6.75. The third-order valence-electron chi connectivity index (χ3n) is 3.89. The van der Waals surface area contributed by atoms with Crippen LogP contribution in [0.5, 0.6) is 5.75 Å². The van der Waals surface area contributed by atoms with Crippen molar-refractivity contribution in [2.75, 3.05) is 6.61 Å². The second-order valence-electron chi connectivity index (χ2n) is 8.16. The third-order valence-corrected chi connectivity index (χ3v) is 3.89. The first kappa shape index (κ1) is 19.6. The predicted molar refractivity (Wildman–Crippen MR) is 101 cm³/mol. The molecule has 128 valence electrons. The Morgan fingerprint density at radius 3 is 1.78 bits per heavy atom. The van der Waals surface area contributed by atoms with Crippen molar-refractivity contribution in [1.82, 2.24) is 0 Å². The zero-order valence-electron chi connectivity index (χ0n) is 16.4. The molecule has 1 rings (SSSR count). The van der Waals surface area contributed by atoms with Gasteiger partial charge in [-0.1, -0.05) is 60.6 Å². The summed E-state index contributed by atoms with van der Waals surface area (Å²) in [7, 11) is 0. The fourth-order valence-electron chi connectivity index (χ4n) is 2.67. The molecule has 0 atom stereocenters. The molecule has 0 aromatic heterocycles. The van der Waals surface area contributed by atoms with Crippen LogP contribution >= 0.6 is 0 Å². The van der Waals surface area contributed by atoms with Crippen LogP contribution in [-0.2, 0) is 17.3 Å². The van der Waals surface area contributed by atoms with Gasteiger partial charge in [-0.05, 0) is 29.7 Å². The monoisotopic (exact) mass is 314 g/mol. The standard InChI is InChI=1S/C22H34O/c1-9-11-12-13-14-17-15-18(21(3,4)5)20(23-10-2)19(16-17)22(6,7)8/h15-16H,9-10,13-14H2,1-8H3. The summed E-state index contributed by atoms with van der Waals surface area (Å²) in [6.45, 7) is 18.4. The molecule has 0 heterocycles. The lowest BCUT2D eigenvalue weighted by molar-refractivity contribution is 0.319. The van der Waals surface area contributed by atoms with Gasteiger partial charge in [0.25, 0.3) is 0 Å². The van der Waals surface area contributed by atoms with Crippen LogP contribution in [0.3, 0.4) is 0 Å². The minimum atomic E-state index is 0.0651. The Balaban J connectivity index is 3.40. The average Bonchev–Trinajstić information content (AvgIpc) is 2.42. The summed E-state index contributed by atoms with van der Waals surface area (Å²) >= 11 is 0. The second-order valence-corrected chi connectivity index (χ2v) is 8.16. The van der Waals surface area contributed by atoms with Crippen LogP contribution in [0.15, 0.2) is 12.1 Å². The number of rotatable bonds is 4. The van der Waals surface area contributed by atoms with Crippen LogP contribution < -0.4 is 4.74 Å². The van der Waals surface area contributed by atoms with Gasteiger partial charge in [-0.2, -0.15) is 0 Å². The van der Waals surface area contributed by atoms with Crippen molar-refractivity contribution in [3.8, 4) is 17.6 Å². The van der Waals surface area contributed by atoms with Crippen LogP contribution in [0, 0.1) is 11.8 Å². The molecule has 0 aliphatic carbocycles. The van der Waals surface area contributed by atoms with E-state index >= 15 is 0 Å². The van der Waals surface area contributed by atoms with Gasteiger partial charge < -0.3 is 4.74 Å². The zero-order valence-corrected chi connectivity index (χ0v) is 16.4. The van der Waals surface area contributed by atoms with Crippen molar-refractivity contribution in [2.24, 2.45) is 0 Å². The summed E-state index contributed by atoms with van der Waals surface area (Å²) in [4.78, 5) is 0. The maximum Gasteiger partial charge on any atom is 0.126 e. The molecule has 0 saturated carbocycles. The second kappa shape index (κ2) is 7.91. The molecule has 1 aromatic carbocycles. The van der Waals surface area contributed by atoms with E-state index in [-0.39, 0.29) is 10.8 Å². The molecular weight excluding hydrogens is 280 g/mol. The summed E-state index contributed by atoms with van der Waals surface area (Å²) in [5.74, 6) is 7.50. The van der Waals surface area contributed by atoms with Crippen LogP contribution in [0.4, 0.5) is 0 Å². The van der Waals surface area contributed by atoms with Gasteiger partial charge in [-0.25, -0.2) is 0 Å². The largest absolute Gasteiger partial charge is 0.493 e. The summed E-state index contributed by atoms with van der Waals surface area (Å²) in [5.41, 5.74) is 4.12. The quantitative estimate of drug-likeness (QED) is 0.617. The van der Waals surface area contributed by atoms with Crippen molar-refractivity contribution in [1.29, 1.82) is 0 Å². The SMILES string of the molecule is CCC#CCCc1cc(C(C)(C)C)c(OCC)c(C(C)(C)C)c1. The fraction of sp³-hybridized carbons (Fsp3) is 0.636. The van der Waals surface area contributed by atoms with Gasteiger partial charge in [-0.15, -0.1) is 11.8 Å². The maximum absolute atomic E-state index is 6.09. The van der Waals surface area contributed by atoms with E-state index in [2.05, 4.69) is 79.4 Å².